The van der Waals surface area contributed by atoms with Crippen molar-refractivity contribution in [2.45, 2.75) is 38.7 Å². The zero-order valence-corrected chi connectivity index (χ0v) is 16.8. The Morgan fingerprint density at radius 3 is 2.64 bits per heavy atom. The topological polar surface area (TPSA) is 60.5 Å². The number of pyridine rings is 1. The Morgan fingerprint density at radius 1 is 1.21 bits per heavy atom. The van der Waals surface area contributed by atoms with Gasteiger partial charge in [-0.05, 0) is 54.5 Å². The summed E-state index contributed by atoms with van der Waals surface area (Å²) in [5.74, 6) is 0.112. The number of rotatable bonds is 8. The maximum absolute atomic E-state index is 13.2. The van der Waals surface area contributed by atoms with Crippen LogP contribution in [0.5, 0.6) is 0 Å². The SMILES string of the molecule is CC[C@@H](CNC(=O)C1(Cc2cccc(-c3ccncc3)c2)CCOCC1)OC. The highest BCUT2D eigenvalue weighted by Gasteiger charge is 2.40. The van der Waals surface area contributed by atoms with Gasteiger partial charge in [-0.2, -0.15) is 0 Å². The third kappa shape index (κ3) is 4.97. The molecule has 1 aliphatic heterocycles. The Morgan fingerprint density at radius 2 is 1.96 bits per heavy atom. The largest absolute Gasteiger partial charge is 0.381 e. The van der Waals surface area contributed by atoms with Crippen molar-refractivity contribution in [1.82, 2.24) is 10.3 Å². The molecule has 0 bridgehead atoms. The molecule has 0 spiro atoms. The molecule has 1 saturated heterocycles. The molecule has 0 unspecified atom stereocenters. The molecule has 5 nitrogen and oxygen atoms in total. The molecule has 1 amide bonds. The number of benzene rings is 1. The molecule has 2 aromatic rings. The lowest BCUT2D eigenvalue weighted by Gasteiger charge is -2.36. The number of nitrogens with zero attached hydrogens (tertiary/aromatic N) is 1. The van der Waals surface area contributed by atoms with Gasteiger partial charge in [0, 0.05) is 39.3 Å². The first kappa shape index (κ1) is 20.5. The molecular weight excluding hydrogens is 352 g/mol. The highest BCUT2D eigenvalue weighted by Crippen LogP contribution is 2.35. The Kier molecular flexibility index (Phi) is 7.18. The molecule has 28 heavy (non-hydrogen) atoms. The smallest absolute Gasteiger partial charge is 0.226 e. The summed E-state index contributed by atoms with van der Waals surface area (Å²) < 4.78 is 11.0. The van der Waals surface area contributed by atoms with Gasteiger partial charge in [-0.25, -0.2) is 0 Å². The minimum atomic E-state index is -0.429. The van der Waals surface area contributed by atoms with E-state index in [0.29, 0.717) is 26.2 Å². The number of carbonyl (C=O) groups is 1. The molecule has 1 fully saturated rings. The van der Waals surface area contributed by atoms with Gasteiger partial charge in [-0.3, -0.25) is 9.78 Å². The number of amides is 1. The first-order chi connectivity index (χ1) is 13.7. The highest BCUT2D eigenvalue weighted by molar-refractivity contribution is 5.83. The van der Waals surface area contributed by atoms with Gasteiger partial charge < -0.3 is 14.8 Å². The first-order valence-electron chi connectivity index (χ1n) is 10.0. The minimum Gasteiger partial charge on any atom is -0.381 e. The highest BCUT2D eigenvalue weighted by atomic mass is 16.5. The van der Waals surface area contributed by atoms with E-state index in [-0.39, 0.29) is 12.0 Å². The number of ether oxygens (including phenoxy) is 2. The Labute approximate surface area is 167 Å². The molecule has 1 N–H and O–H groups in total. The number of hydrogen-bond acceptors (Lipinski definition) is 4. The molecular formula is C23H30N2O3. The number of hydrogen-bond donors (Lipinski definition) is 1. The molecule has 0 aliphatic carbocycles. The third-order valence-corrected chi connectivity index (χ3v) is 5.69. The number of methoxy groups -OCH3 is 1. The van der Waals surface area contributed by atoms with Crippen molar-refractivity contribution < 1.29 is 14.3 Å². The average Bonchev–Trinajstić information content (AvgIpc) is 2.76. The Bertz CT molecular complexity index is 753. The van der Waals surface area contributed by atoms with Crippen LogP contribution < -0.4 is 5.32 Å². The summed E-state index contributed by atoms with van der Waals surface area (Å²) in [5.41, 5.74) is 3.02. The van der Waals surface area contributed by atoms with Crippen molar-refractivity contribution in [2.75, 3.05) is 26.9 Å². The quantitative estimate of drug-likeness (QED) is 0.757. The lowest BCUT2D eigenvalue weighted by Crippen LogP contribution is -2.48. The molecule has 0 radical (unpaired) electrons. The van der Waals surface area contributed by atoms with Crippen LogP contribution in [0.25, 0.3) is 11.1 Å². The van der Waals surface area contributed by atoms with E-state index in [0.717, 1.165) is 30.4 Å². The van der Waals surface area contributed by atoms with Gasteiger partial charge in [0.2, 0.25) is 5.91 Å². The predicted molar refractivity (Wildman–Crippen MR) is 110 cm³/mol. The van der Waals surface area contributed by atoms with Crippen molar-refractivity contribution in [3.05, 3.63) is 54.4 Å². The van der Waals surface area contributed by atoms with Gasteiger partial charge in [0.25, 0.3) is 0 Å². The Balaban J connectivity index is 1.78. The van der Waals surface area contributed by atoms with Crippen molar-refractivity contribution in [3.63, 3.8) is 0 Å². The molecule has 3 rings (SSSR count). The third-order valence-electron chi connectivity index (χ3n) is 5.69. The molecule has 5 heteroatoms. The van der Waals surface area contributed by atoms with Crippen molar-refractivity contribution in [3.8, 4) is 11.1 Å². The first-order valence-corrected chi connectivity index (χ1v) is 10.0. The number of nitrogens with one attached hydrogen (secondary N) is 1. The second-order valence-electron chi connectivity index (χ2n) is 7.48. The second-order valence-corrected chi connectivity index (χ2v) is 7.48. The van der Waals surface area contributed by atoms with Gasteiger partial charge in [0.15, 0.2) is 0 Å². The molecule has 1 aliphatic rings. The lowest BCUT2D eigenvalue weighted by atomic mass is 9.74. The van der Waals surface area contributed by atoms with Gasteiger partial charge >= 0.3 is 0 Å². The summed E-state index contributed by atoms with van der Waals surface area (Å²) >= 11 is 0. The van der Waals surface area contributed by atoms with Crippen molar-refractivity contribution >= 4 is 5.91 Å². The van der Waals surface area contributed by atoms with Gasteiger partial charge in [-0.1, -0.05) is 31.2 Å². The number of carbonyl (C=O) groups excluding carboxylic acids is 1. The van der Waals surface area contributed by atoms with Crippen LogP contribution in [0.3, 0.4) is 0 Å². The van der Waals surface area contributed by atoms with Gasteiger partial charge in [0.05, 0.1) is 11.5 Å². The zero-order valence-electron chi connectivity index (χ0n) is 16.8. The molecule has 1 atom stereocenters. The molecule has 1 aromatic heterocycles. The fourth-order valence-corrected chi connectivity index (χ4v) is 3.83. The molecule has 1 aromatic carbocycles. The van der Waals surface area contributed by atoms with Crippen molar-refractivity contribution in [1.29, 1.82) is 0 Å². The fourth-order valence-electron chi connectivity index (χ4n) is 3.83. The summed E-state index contributed by atoms with van der Waals surface area (Å²) in [5, 5.41) is 3.13. The van der Waals surface area contributed by atoms with E-state index in [9.17, 15) is 4.79 Å². The Hall–Kier alpha value is -2.24. The van der Waals surface area contributed by atoms with E-state index < -0.39 is 5.41 Å². The van der Waals surface area contributed by atoms with Crippen LogP contribution in [0.15, 0.2) is 48.8 Å². The van der Waals surface area contributed by atoms with Gasteiger partial charge in [0.1, 0.15) is 0 Å². The molecule has 150 valence electrons. The van der Waals surface area contributed by atoms with Crippen LogP contribution in [0.2, 0.25) is 0 Å². The van der Waals surface area contributed by atoms with Gasteiger partial charge in [-0.15, -0.1) is 0 Å². The van der Waals surface area contributed by atoms with Crippen LogP contribution in [0.1, 0.15) is 31.7 Å². The van der Waals surface area contributed by atoms with E-state index in [4.69, 9.17) is 9.47 Å². The van der Waals surface area contributed by atoms with Crippen LogP contribution >= 0.6 is 0 Å². The van der Waals surface area contributed by atoms with E-state index in [1.54, 1.807) is 19.5 Å². The van der Waals surface area contributed by atoms with E-state index in [1.165, 1.54) is 5.56 Å². The minimum absolute atomic E-state index is 0.0517. The summed E-state index contributed by atoms with van der Waals surface area (Å²) in [4.78, 5) is 17.3. The lowest BCUT2D eigenvalue weighted by molar-refractivity contribution is -0.137. The standard InChI is InChI=1S/C23H30N2O3/c1-3-21(27-2)17-25-22(26)23(9-13-28-14-10-23)16-18-5-4-6-20(15-18)19-7-11-24-12-8-19/h4-8,11-12,15,21H,3,9-10,13-14,16-17H2,1-2H3,(H,25,26)/t21-/m0/s1. The summed E-state index contributed by atoms with van der Waals surface area (Å²) in [6, 6.07) is 12.5. The maximum atomic E-state index is 13.2. The predicted octanol–water partition coefficient (Wildman–Crippen LogP) is 3.63. The summed E-state index contributed by atoms with van der Waals surface area (Å²) in [6.07, 6.45) is 6.72. The number of aromatic nitrogens is 1. The fraction of sp³-hybridized carbons (Fsp3) is 0.478. The van der Waals surface area contributed by atoms with Crippen molar-refractivity contribution in [2.24, 2.45) is 5.41 Å². The second kappa shape index (κ2) is 9.80. The van der Waals surface area contributed by atoms with Crippen LogP contribution in [0, 0.1) is 5.41 Å². The maximum Gasteiger partial charge on any atom is 0.226 e. The van der Waals surface area contributed by atoms with E-state index >= 15 is 0 Å². The van der Waals surface area contributed by atoms with Crippen LogP contribution in [-0.2, 0) is 20.7 Å². The molecule has 0 saturated carbocycles. The average molecular weight is 383 g/mol. The monoisotopic (exact) mass is 382 g/mol. The normalized spacial score (nSPS) is 17.1. The molecule has 2 heterocycles. The van der Waals surface area contributed by atoms with E-state index in [1.807, 2.05) is 12.1 Å². The summed E-state index contributed by atoms with van der Waals surface area (Å²) in [7, 11) is 1.69. The van der Waals surface area contributed by atoms with Crippen LogP contribution in [0.4, 0.5) is 0 Å². The summed E-state index contributed by atoms with van der Waals surface area (Å²) in [6.45, 7) is 3.86. The van der Waals surface area contributed by atoms with E-state index in [2.05, 4.69) is 41.5 Å². The van der Waals surface area contributed by atoms with Crippen LogP contribution in [-0.4, -0.2) is 43.9 Å². The zero-order chi connectivity index (χ0) is 19.8.